The lowest BCUT2D eigenvalue weighted by molar-refractivity contribution is 0.200. The Morgan fingerprint density at radius 2 is 1.95 bits per heavy atom. The van der Waals surface area contributed by atoms with Crippen LogP contribution in [-0.2, 0) is 5.54 Å². The Morgan fingerprint density at radius 3 is 2.66 bits per heavy atom. The zero-order valence-electron chi connectivity index (χ0n) is 23.0. The summed E-state index contributed by atoms with van der Waals surface area (Å²) in [6.45, 7) is 6.98. The SMILES string of the molecule is CC(C)(C)CNc1c(C#N)cnc2c(C#N)cc(N[C@H](c3cn(C4(CO)CC4)nn3)c3cccc4ncsc34)cc12. The Balaban J connectivity index is 1.49. The molecule has 0 bridgehead atoms. The van der Waals surface area contributed by atoms with Gasteiger partial charge in [-0.15, -0.1) is 16.4 Å². The van der Waals surface area contributed by atoms with Crippen LogP contribution >= 0.6 is 11.3 Å². The maximum atomic E-state index is 10.1. The van der Waals surface area contributed by atoms with Crippen LogP contribution in [0.15, 0.2) is 48.2 Å². The molecule has 1 aliphatic carbocycles. The number of hydrogen-bond acceptors (Lipinski definition) is 10. The van der Waals surface area contributed by atoms with Gasteiger partial charge >= 0.3 is 0 Å². The van der Waals surface area contributed by atoms with Crippen molar-refractivity contribution in [2.75, 3.05) is 23.8 Å². The number of fused-ring (bicyclic) bond motifs is 2. The molecule has 1 atom stereocenters. The van der Waals surface area contributed by atoms with E-state index in [1.807, 2.05) is 36.0 Å². The van der Waals surface area contributed by atoms with Gasteiger partial charge in [-0.05, 0) is 42.0 Å². The molecule has 41 heavy (non-hydrogen) atoms. The second kappa shape index (κ2) is 10.1. The van der Waals surface area contributed by atoms with Crippen molar-refractivity contribution in [2.24, 2.45) is 5.41 Å². The fourth-order valence-electron chi connectivity index (χ4n) is 4.96. The minimum atomic E-state index is -0.426. The Labute approximate surface area is 241 Å². The highest BCUT2D eigenvalue weighted by Gasteiger charge is 2.45. The molecule has 1 aliphatic rings. The van der Waals surface area contributed by atoms with Crippen LogP contribution in [0.4, 0.5) is 11.4 Å². The summed E-state index contributed by atoms with van der Waals surface area (Å²) in [5, 5.41) is 46.6. The molecule has 1 fully saturated rings. The Morgan fingerprint density at radius 1 is 1.15 bits per heavy atom. The molecular weight excluding hydrogens is 534 g/mol. The van der Waals surface area contributed by atoms with Gasteiger partial charge in [0.15, 0.2) is 0 Å². The molecule has 0 unspecified atom stereocenters. The summed E-state index contributed by atoms with van der Waals surface area (Å²) in [5.74, 6) is 0. The van der Waals surface area contributed by atoms with E-state index < -0.39 is 11.6 Å². The highest BCUT2D eigenvalue weighted by atomic mass is 32.1. The number of aliphatic hydroxyl groups is 1. The average Bonchev–Trinajstić information content (AvgIpc) is 3.35. The van der Waals surface area contributed by atoms with Gasteiger partial charge in [0, 0.05) is 23.8 Å². The smallest absolute Gasteiger partial charge is 0.110 e. The third kappa shape index (κ3) is 4.95. The van der Waals surface area contributed by atoms with Crippen LogP contribution < -0.4 is 10.6 Å². The first-order valence-corrected chi connectivity index (χ1v) is 14.3. The number of nitriles is 2. The van der Waals surface area contributed by atoms with E-state index >= 15 is 0 Å². The van der Waals surface area contributed by atoms with Gasteiger partial charge in [-0.2, -0.15) is 10.5 Å². The molecule has 11 heteroatoms. The van der Waals surface area contributed by atoms with Crippen LogP contribution in [0.5, 0.6) is 0 Å². The van der Waals surface area contributed by atoms with Gasteiger partial charge in [0.25, 0.3) is 0 Å². The summed E-state index contributed by atoms with van der Waals surface area (Å²) in [4.78, 5) is 8.97. The summed E-state index contributed by atoms with van der Waals surface area (Å²) in [7, 11) is 0. The van der Waals surface area contributed by atoms with E-state index in [-0.39, 0.29) is 12.0 Å². The van der Waals surface area contributed by atoms with E-state index in [4.69, 9.17) is 0 Å². The summed E-state index contributed by atoms with van der Waals surface area (Å²) in [5.41, 5.74) is 6.58. The minimum absolute atomic E-state index is 0.00704. The van der Waals surface area contributed by atoms with Crippen molar-refractivity contribution in [1.29, 1.82) is 10.5 Å². The standard InChI is InChI=1S/C30H29N9OS/c1-29(2,3)15-34-26-19(12-32)13-33-25-18(11-31)9-20(10-22(25)26)36-27(21-5-4-6-23-28(21)41-17-35-23)24-14-39(38-37-24)30(16-40)7-8-30/h4-6,9-10,13-14,17,27,36,40H,7-8,15-16H2,1-3H3,(H,33,34)/t27-/m0/s1. The lowest BCUT2D eigenvalue weighted by Crippen LogP contribution is -2.22. The van der Waals surface area contributed by atoms with Gasteiger partial charge < -0.3 is 15.7 Å². The van der Waals surface area contributed by atoms with Crippen molar-refractivity contribution in [2.45, 2.75) is 45.2 Å². The molecular formula is C30H29N9OS. The van der Waals surface area contributed by atoms with Crippen LogP contribution in [0.25, 0.3) is 21.1 Å². The molecule has 5 aromatic rings. The summed E-state index contributed by atoms with van der Waals surface area (Å²) >= 11 is 1.55. The normalized spacial score (nSPS) is 14.9. The van der Waals surface area contributed by atoms with Crippen LogP contribution in [0.2, 0.25) is 0 Å². The number of thiazole rings is 1. The number of rotatable bonds is 8. The Kier molecular flexibility index (Phi) is 6.57. The zero-order valence-corrected chi connectivity index (χ0v) is 23.8. The van der Waals surface area contributed by atoms with Crippen LogP contribution in [0.3, 0.4) is 0 Å². The summed E-state index contributed by atoms with van der Waals surface area (Å²) < 4.78 is 2.79. The van der Waals surface area contributed by atoms with Crippen LogP contribution in [0.1, 0.15) is 62.0 Å². The predicted molar refractivity (Wildman–Crippen MR) is 159 cm³/mol. The van der Waals surface area contributed by atoms with E-state index in [9.17, 15) is 15.6 Å². The molecule has 0 saturated heterocycles. The molecule has 0 amide bonds. The first kappa shape index (κ1) is 26.6. The maximum Gasteiger partial charge on any atom is 0.110 e. The molecule has 1 saturated carbocycles. The molecule has 10 nitrogen and oxygen atoms in total. The van der Waals surface area contributed by atoms with Gasteiger partial charge in [0.05, 0.1) is 62.4 Å². The number of pyridine rings is 1. The Bertz CT molecular complexity index is 1850. The quantitative estimate of drug-likeness (QED) is 0.228. The maximum absolute atomic E-state index is 10.1. The molecule has 0 radical (unpaired) electrons. The highest BCUT2D eigenvalue weighted by molar-refractivity contribution is 7.17. The first-order chi connectivity index (χ1) is 19.7. The molecule has 0 spiro atoms. The van der Waals surface area contributed by atoms with Crippen LogP contribution in [0, 0.1) is 28.1 Å². The zero-order chi connectivity index (χ0) is 28.8. The minimum Gasteiger partial charge on any atom is -0.394 e. The lowest BCUT2D eigenvalue weighted by atomic mass is 9.96. The largest absolute Gasteiger partial charge is 0.394 e. The average molecular weight is 564 g/mol. The van der Waals surface area contributed by atoms with Crippen LogP contribution in [-0.4, -0.2) is 43.2 Å². The van der Waals surface area contributed by atoms with Crippen molar-refractivity contribution in [3.8, 4) is 12.1 Å². The van der Waals surface area contributed by atoms with Gasteiger partial charge in [-0.25, -0.2) is 9.67 Å². The van der Waals surface area contributed by atoms with E-state index in [1.165, 1.54) is 6.20 Å². The van der Waals surface area contributed by atoms with Crippen molar-refractivity contribution in [3.63, 3.8) is 0 Å². The number of anilines is 2. The van der Waals surface area contributed by atoms with Gasteiger partial charge in [-0.3, -0.25) is 4.98 Å². The number of aliphatic hydroxyl groups excluding tert-OH is 1. The molecule has 3 aromatic heterocycles. The van der Waals surface area contributed by atoms with Gasteiger partial charge in [-0.1, -0.05) is 38.1 Å². The number of benzene rings is 2. The molecule has 2 aromatic carbocycles. The fourth-order valence-corrected chi connectivity index (χ4v) is 5.79. The number of aromatic nitrogens is 5. The molecule has 6 rings (SSSR count). The lowest BCUT2D eigenvalue weighted by Gasteiger charge is -2.22. The molecule has 206 valence electrons. The molecule has 3 heterocycles. The summed E-state index contributed by atoms with van der Waals surface area (Å²) in [6, 6.07) is 13.8. The predicted octanol–water partition coefficient (Wildman–Crippen LogP) is 5.32. The molecule has 0 aliphatic heterocycles. The number of nitrogens with zero attached hydrogens (tertiary/aromatic N) is 7. The van der Waals surface area contributed by atoms with E-state index in [2.05, 4.69) is 63.8 Å². The Hall–Kier alpha value is -4.58. The fraction of sp³-hybridized carbons (Fsp3) is 0.333. The van der Waals surface area contributed by atoms with Gasteiger partial charge in [0.2, 0.25) is 0 Å². The number of nitrogens with one attached hydrogen (secondary N) is 2. The third-order valence-electron chi connectivity index (χ3n) is 7.43. The first-order valence-electron chi connectivity index (χ1n) is 13.4. The topological polar surface area (TPSA) is 148 Å². The van der Waals surface area contributed by atoms with Crippen molar-refractivity contribution in [1.82, 2.24) is 25.0 Å². The van der Waals surface area contributed by atoms with Crippen molar-refractivity contribution < 1.29 is 5.11 Å². The van der Waals surface area contributed by atoms with Gasteiger partial charge in [0.1, 0.15) is 17.8 Å². The number of hydrogen-bond donors (Lipinski definition) is 3. The third-order valence-corrected chi connectivity index (χ3v) is 8.32. The van der Waals surface area contributed by atoms with Crippen molar-refractivity contribution >= 4 is 43.8 Å². The van der Waals surface area contributed by atoms with E-state index in [0.717, 1.165) is 28.6 Å². The molecule has 3 N–H and O–H groups in total. The van der Waals surface area contributed by atoms with Crippen molar-refractivity contribution in [3.05, 3.63) is 70.6 Å². The highest BCUT2D eigenvalue weighted by Crippen LogP contribution is 2.43. The monoisotopic (exact) mass is 563 g/mol. The second-order valence-electron chi connectivity index (χ2n) is 11.7. The second-order valence-corrected chi connectivity index (χ2v) is 12.6. The van der Waals surface area contributed by atoms with E-state index in [1.54, 1.807) is 22.1 Å². The summed E-state index contributed by atoms with van der Waals surface area (Å²) in [6.07, 6.45) is 5.10. The van der Waals surface area contributed by atoms with E-state index in [0.29, 0.717) is 45.6 Å².